The van der Waals surface area contributed by atoms with Crippen molar-refractivity contribution in [2.75, 3.05) is 0 Å². The van der Waals surface area contributed by atoms with E-state index in [4.69, 9.17) is 0 Å². The van der Waals surface area contributed by atoms with Gasteiger partial charge < -0.3 is 0 Å². The molecule has 19 heavy (non-hydrogen) atoms. The summed E-state index contributed by atoms with van der Waals surface area (Å²) in [5.74, 6) is 0. The van der Waals surface area contributed by atoms with Crippen LogP contribution in [0.3, 0.4) is 0 Å². The van der Waals surface area contributed by atoms with Crippen LogP contribution in [0.1, 0.15) is 71.6 Å². The van der Waals surface area contributed by atoms with Crippen LogP contribution in [0.2, 0.25) is 0 Å². The number of hydrogen-bond donors (Lipinski definition) is 0. The highest BCUT2D eigenvalue weighted by molar-refractivity contribution is 8.00. The van der Waals surface area contributed by atoms with Gasteiger partial charge >= 0.3 is 0 Å². The van der Waals surface area contributed by atoms with Crippen LogP contribution in [-0.2, 0) is 0 Å². The van der Waals surface area contributed by atoms with Gasteiger partial charge in [-0.25, -0.2) is 0 Å². The lowest BCUT2D eigenvalue weighted by molar-refractivity contribution is 0.569. The summed E-state index contributed by atoms with van der Waals surface area (Å²) in [4.78, 5) is 1.44. The van der Waals surface area contributed by atoms with Crippen molar-refractivity contribution in [3.63, 3.8) is 0 Å². The lowest BCUT2D eigenvalue weighted by Crippen LogP contribution is -2.02. The summed E-state index contributed by atoms with van der Waals surface area (Å²) >= 11 is 2.08. The molecule has 0 saturated heterocycles. The average molecular weight is 279 g/mol. The third kappa shape index (κ3) is 8.36. The second-order valence-corrected chi connectivity index (χ2v) is 6.77. The molecule has 0 nitrogen and oxygen atoms in total. The minimum absolute atomic E-state index is 0.818. The molecule has 1 aromatic carbocycles. The van der Waals surface area contributed by atoms with E-state index in [9.17, 15) is 0 Å². The Bertz CT molecular complexity index is 294. The number of hydrogen-bond acceptors (Lipinski definition) is 1. The first-order chi connectivity index (χ1) is 9.36. The van der Waals surface area contributed by atoms with Crippen molar-refractivity contribution in [1.82, 2.24) is 0 Å². The highest BCUT2D eigenvalue weighted by atomic mass is 32.2. The molecule has 0 aromatic heterocycles. The zero-order chi connectivity index (χ0) is 13.8. The summed E-state index contributed by atoms with van der Waals surface area (Å²) in [6, 6.07) is 10.9. The minimum Gasteiger partial charge on any atom is -0.123 e. The predicted molar refractivity (Wildman–Crippen MR) is 89.0 cm³/mol. The van der Waals surface area contributed by atoms with E-state index in [1.54, 1.807) is 0 Å². The molecule has 0 fully saturated rings. The first-order valence-corrected chi connectivity index (χ1v) is 8.96. The third-order valence-electron chi connectivity index (χ3n) is 3.54. The molecule has 0 aliphatic carbocycles. The summed E-state index contributed by atoms with van der Waals surface area (Å²) in [6.07, 6.45) is 12.5. The highest BCUT2D eigenvalue weighted by Gasteiger charge is 2.09. The van der Waals surface area contributed by atoms with Gasteiger partial charge in [0.15, 0.2) is 0 Å². The first kappa shape index (κ1) is 16.6. The van der Waals surface area contributed by atoms with E-state index in [1.165, 1.54) is 62.7 Å². The van der Waals surface area contributed by atoms with E-state index in [2.05, 4.69) is 55.9 Å². The van der Waals surface area contributed by atoms with Crippen LogP contribution >= 0.6 is 11.8 Å². The minimum atomic E-state index is 0.818. The van der Waals surface area contributed by atoms with Gasteiger partial charge in [0.1, 0.15) is 0 Å². The van der Waals surface area contributed by atoms with Crippen molar-refractivity contribution in [2.45, 2.75) is 81.8 Å². The summed E-state index contributed by atoms with van der Waals surface area (Å²) in [6.45, 7) is 4.59. The summed E-state index contributed by atoms with van der Waals surface area (Å²) in [7, 11) is 0. The maximum absolute atomic E-state index is 2.31. The van der Waals surface area contributed by atoms with Crippen molar-refractivity contribution in [2.24, 2.45) is 0 Å². The molecule has 0 radical (unpaired) electrons. The fourth-order valence-corrected chi connectivity index (χ4v) is 3.77. The number of benzene rings is 1. The molecular weight excluding hydrogens is 248 g/mol. The van der Waals surface area contributed by atoms with Crippen LogP contribution in [0.15, 0.2) is 35.2 Å². The Hall–Kier alpha value is -0.430. The van der Waals surface area contributed by atoms with E-state index < -0.39 is 0 Å². The topological polar surface area (TPSA) is 0 Å². The molecule has 0 N–H and O–H groups in total. The van der Waals surface area contributed by atoms with Gasteiger partial charge in [-0.05, 0) is 25.0 Å². The quantitative estimate of drug-likeness (QED) is 0.320. The van der Waals surface area contributed by atoms with Crippen LogP contribution in [-0.4, -0.2) is 5.25 Å². The van der Waals surface area contributed by atoms with Crippen molar-refractivity contribution in [1.29, 1.82) is 0 Å². The zero-order valence-corrected chi connectivity index (χ0v) is 13.6. The molecule has 0 spiro atoms. The predicted octanol–water partition coefficient (Wildman–Crippen LogP) is 6.70. The van der Waals surface area contributed by atoms with Crippen molar-refractivity contribution in [3.05, 3.63) is 30.3 Å². The maximum Gasteiger partial charge on any atom is 0.00943 e. The smallest absolute Gasteiger partial charge is 0.00943 e. The molecule has 0 heterocycles. The van der Waals surface area contributed by atoms with Crippen molar-refractivity contribution < 1.29 is 0 Å². The molecular formula is C18H30S. The largest absolute Gasteiger partial charge is 0.123 e. The fraction of sp³-hybridized carbons (Fsp3) is 0.667. The van der Waals surface area contributed by atoms with Gasteiger partial charge in [0.2, 0.25) is 0 Å². The Morgan fingerprint density at radius 2 is 1.47 bits per heavy atom. The zero-order valence-electron chi connectivity index (χ0n) is 12.7. The molecule has 108 valence electrons. The summed E-state index contributed by atoms with van der Waals surface area (Å²) in [5.41, 5.74) is 0. The monoisotopic (exact) mass is 278 g/mol. The van der Waals surface area contributed by atoms with E-state index in [0.717, 1.165) is 5.25 Å². The van der Waals surface area contributed by atoms with Crippen LogP contribution in [0, 0.1) is 0 Å². The normalized spacial score (nSPS) is 12.5. The molecule has 0 saturated carbocycles. The fourth-order valence-electron chi connectivity index (χ4n) is 2.43. The third-order valence-corrected chi connectivity index (χ3v) is 4.89. The highest BCUT2D eigenvalue weighted by Crippen LogP contribution is 2.29. The van der Waals surface area contributed by atoms with Gasteiger partial charge in [-0.15, -0.1) is 11.8 Å². The van der Waals surface area contributed by atoms with Gasteiger partial charge in [-0.2, -0.15) is 0 Å². The molecule has 1 aromatic rings. The average Bonchev–Trinajstić information content (AvgIpc) is 2.44. The SMILES string of the molecule is CCCCCCCCC(CCC)Sc1ccccc1. The standard InChI is InChI=1S/C18H30S/c1-3-5-6-7-8-10-14-17(13-4-2)19-18-15-11-9-12-16-18/h9,11-12,15-17H,3-8,10,13-14H2,1-2H3. The van der Waals surface area contributed by atoms with Crippen LogP contribution < -0.4 is 0 Å². The van der Waals surface area contributed by atoms with Gasteiger partial charge in [0, 0.05) is 10.1 Å². The molecule has 0 aliphatic rings. The van der Waals surface area contributed by atoms with Crippen molar-refractivity contribution >= 4 is 11.8 Å². The first-order valence-electron chi connectivity index (χ1n) is 8.08. The molecule has 1 rings (SSSR count). The van der Waals surface area contributed by atoms with Gasteiger partial charge in [-0.3, -0.25) is 0 Å². The molecule has 0 aliphatic heterocycles. The van der Waals surface area contributed by atoms with E-state index in [1.807, 2.05) is 0 Å². The number of unbranched alkanes of at least 4 members (excludes halogenated alkanes) is 5. The Balaban J connectivity index is 2.21. The lowest BCUT2D eigenvalue weighted by Gasteiger charge is -2.15. The second kappa shape index (κ2) is 11.4. The summed E-state index contributed by atoms with van der Waals surface area (Å²) < 4.78 is 0. The van der Waals surface area contributed by atoms with E-state index in [-0.39, 0.29) is 0 Å². The summed E-state index contributed by atoms with van der Waals surface area (Å²) in [5, 5.41) is 0.818. The van der Waals surface area contributed by atoms with Crippen LogP contribution in [0.25, 0.3) is 0 Å². The van der Waals surface area contributed by atoms with E-state index >= 15 is 0 Å². The molecule has 1 heteroatoms. The van der Waals surface area contributed by atoms with Crippen molar-refractivity contribution in [3.8, 4) is 0 Å². The van der Waals surface area contributed by atoms with Gasteiger partial charge in [0.05, 0.1) is 0 Å². The Kier molecular flexibility index (Phi) is 9.98. The van der Waals surface area contributed by atoms with Crippen LogP contribution in [0.4, 0.5) is 0 Å². The molecule has 1 unspecified atom stereocenters. The van der Waals surface area contributed by atoms with E-state index in [0.29, 0.717) is 0 Å². The maximum atomic E-state index is 2.31. The van der Waals surface area contributed by atoms with Gasteiger partial charge in [0.25, 0.3) is 0 Å². The number of rotatable bonds is 11. The second-order valence-electron chi connectivity index (χ2n) is 5.40. The Morgan fingerprint density at radius 3 is 2.16 bits per heavy atom. The number of thioether (sulfide) groups is 1. The van der Waals surface area contributed by atoms with Gasteiger partial charge in [-0.1, -0.05) is 77.0 Å². The molecule has 0 amide bonds. The molecule has 1 atom stereocenters. The molecule has 0 bridgehead atoms. The lowest BCUT2D eigenvalue weighted by atomic mass is 10.1. The Labute approximate surface area is 124 Å². The Morgan fingerprint density at radius 1 is 0.789 bits per heavy atom. The van der Waals surface area contributed by atoms with Crippen LogP contribution in [0.5, 0.6) is 0 Å².